The summed E-state index contributed by atoms with van der Waals surface area (Å²) in [6, 6.07) is 23.7. The van der Waals surface area contributed by atoms with Crippen molar-refractivity contribution in [1.82, 2.24) is 19.9 Å². The minimum absolute atomic E-state index is 0.00417. The Labute approximate surface area is 179 Å². The number of carbonyl (C=O) groups excluding carboxylic acids is 1. The summed E-state index contributed by atoms with van der Waals surface area (Å²) in [6.07, 6.45) is 0.360. The van der Waals surface area contributed by atoms with Crippen molar-refractivity contribution in [2.24, 2.45) is 0 Å². The Kier molecular flexibility index (Phi) is 4.96. The van der Waals surface area contributed by atoms with Gasteiger partial charge in [-0.05, 0) is 35.9 Å². The third-order valence-electron chi connectivity index (χ3n) is 5.47. The lowest BCUT2D eigenvalue weighted by atomic mass is 10.2. The maximum Gasteiger partial charge on any atom is 0.222 e. The molecule has 0 radical (unpaired) electrons. The van der Waals surface area contributed by atoms with Gasteiger partial charge in [-0.2, -0.15) is 0 Å². The second kappa shape index (κ2) is 8.07. The van der Waals surface area contributed by atoms with Crippen molar-refractivity contribution >= 4 is 39.0 Å². The topological polar surface area (TPSA) is 69.0 Å². The zero-order valence-electron chi connectivity index (χ0n) is 17.2. The van der Waals surface area contributed by atoms with Crippen LogP contribution >= 0.6 is 0 Å². The minimum Gasteiger partial charge on any atom is -0.497 e. The number of para-hydroxylation sites is 3. The smallest absolute Gasteiger partial charge is 0.222 e. The summed E-state index contributed by atoms with van der Waals surface area (Å²) in [5.74, 6) is 0.797. The fourth-order valence-electron chi connectivity index (χ4n) is 3.86. The number of fused-ring (bicyclic) bond motifs is 4. The molecule has 0 bridgehead atoms. The monoisotopic (exact) mass is 410 g/mol. The molecule has 0 unspecified atom stereocenters. The molecule has 1 N–H and O–H groups in total. The first kappa shape index (κ1) is 19.1. The van der Waals surface area contributed by atoms with Crippen LogP contribution in [0.1, 0.15) is 12.0 Å². The molecule has 5 aromatic rings. The van der Waals surface area contributed by atoms with Gasteiger partial charge in [-0.1, -0.05) is 42.5 Å². The molecule has 0 aliphatic rings. The van der Waals surface area contributed by atoms with Crippen LogP contribution in [0.3, 0.4) is 0 Å². The highest BCUT2D eigenvalue weighted by molar-refractivity contribution is 6.06. The van der Waals surface area contributed by atoms with Crippen LogP contribution in [0.15, 0.2) is 72.8 Å². The van der Waals surface area contributed by atoms with Gasteiger partial charge in [0.1, 0.15) is 11.3 Å². The summed E-state index contributed by atoms with van der Waals surface area (Å²) in [5.41, 5.74) is 5.47. The molecule has 3 aromatic carbocycles. The molecule has 0 saturated carbocycles. The molecule has 31 heavy (non-hydrogen) atoms. The van der Waals surface area contributed by atoms with Gasteiger partial charge in [0.05, 0.1) is 23.7 Å². The molecule has 6 nitrogen and oxygen atoms in total. The summed E-state index contributed by atoms with van der Waals surface area (Å²) >= 11 is 0. The molecular formula is C25H22N4O2. The fraction of sp³-hybridized carbons (Fsp3) is 0.160. The van der Waals surface area contributed by atoms with Crippen LogP contribution in [0.5, 0.6) is 5.75 Å². The van der Waals surface area contributed by atoms with Gasteiger partial charge in [0.25, 0.3) is 0 Å². The van der Waals surface area contributed by atoms with Gasteiger partial charge in [0, 0.05) is 24.9 Å². The van der Waals surface area contributed by atoms with Gasteiger partial charge in [-0.15, -0.1) is 0 Å². The van der Waals surface area contributed by atoms with E-state index < -0.39 is 0 Å². The van der Waals surface area contributed by atoms with Gasteiger partial charge in [-0.25, -0.2) is 9.97 Å². The second-order valence-corrected chi connectivity index (χ2v) is 7.43. The number of methoxy groups -OCH3 is 1. The van der Waals surface area contributed by atoms with E-state index in [0.717, 1.165) is 44.4 Å². The molecule has 1 amide bonds. The number of nitrogens with zero attached hydrogens (tertiary/aromatic N) is 3. The van der Waals surface area contributed by atoms with E-state index in [4.69, 9.17) is 14.7 Å². The summed E-state index contributed by atoms with van der Waals surface area (Å²) in [5, 5.41) is 4.05. The first-order valence-electron chi connectivity index (χ1n) is 10.3. The van der Waals surface area contributed by atoms with Crippen molar-refractivity contribution in [2.75, 3.05) is 7.11 Å². The van der Waals surface area contributed by atoms with E-state index in [0.29, 0.717) is 19.5 Å². The first-order valence-corrected chi connectivity index (χ1v) is 10.3. The second-order valence-electron chi connectivity index (χ2n) is 7.43. The van der Waals surface area contributed by atoms with Crippen molar-refractivity contribution in [3.63, 3.8) is 0 Å². The highest BCUT2D eigenvalue weighted by Crippen LogP contribution is 2.28. The Hall–Kier alpha value is -3.93. The summed E-state index contributed by atoms with van der Waals surface area (Å²) < 4.78 is 7.26. The van der Waals surface area contributed by atoms with Gasteiger partial charge in [0.15, 0.2) is 5.65 Å². The predicted molar refractivity (Wildman–Crippen MR) is 122 cm³/mol. The molecule has 0 aliphatic heterocycles. The third kappa shape index (κ3) is 3.68. The highest BCUT2D eigenvalue weighted by Gasteiger charge is 2.15. The lowest BCUT2D eigenvalue weighted by molar-refractivity contribution is -0.121. The molecule has 6 heteroatoms. The fourth-order valence-corrected chi connectivity index (χ4v) is 3.86. The van der Waals surface area contributed by atoms with E-state index in [9.17, 15) is 4.79 Å². The molecule has 0 aliphatic carbocycles. The molecule has 0 atom stereocenters. The number of hydrogen-bond donors (Lipinski definition) is 1. The van der Waals surface area contributed by atoms with E-state index in [1.807, 2.05) is 60.7 Å². The van der Waals surface area contributed by atoms with Gasteiger partial charge in [0.2, 0.25) is 5.91 Å². The number of benzene rings is 3. The lowest BCUT2D eigenvalue weighted by Gasteiger charge is -2.09. The standard InChI is InChI=1S/C25H22N4O2/c1-31-18-12-10-17(11-13-18)16-26-23(30)14-15-29-22-9-5-2-6-19(22)24-25(29)28-21-8-4-3-7-20(21)27-24/h2-13H,14-16H2,1H3,(H,26,30). The Morgan fingerprint density at radius 3 is 2.42 bits per heavy atom. The van der Waals surface area contributed by atoms with Crippen LogP contribution in [-0.2, 0) is 17.9 Å². The zero-order valence-corrected chi connectivity index (χ0v) is 17.2. The van der Waals surface area contributed by atoms with Crippen molar-refractivity contribution in [3.05, 3.63) is 78.4 Å². The van der Waals surface area contributed by atoms with Crippen molar-refractivity contribution in [3.8, 4) is 5.75 Å². The van der Waals surface area contributed by atoms with Crippen molar-refractivity contribution in [2.45, 2.75) is 19.5 Å². The molecule has 0 fully saturated rings. The van der Waals surface area contributed by atoms with Crippen LogP contribution in [0.25, 0.3) is 33.1 Å². The van der Waals surface area contributed by atoms with E-state index in [1.165, 1.54) is 0 Å². The highest BCUT2D eigenvalue weighted by atomic mass is 16.5. The Morgan fingerprint density at radius 1 is 0.935 bits per heavy atom. The number of amides is 1. The quantitative estimate of drug-likeness (QED) is 0.449. The SMILES string of the molecule is COc1ccc(CNC(=O)CCn2c3ccccc3c3nc4ccccc4nc32)cc1. The van der Waals surface area contributed by atoms with Gasteiger partial charge < -0.3 is 14.6 Å². The van der Waals surface area contributed by atoms with Crippen LogP contribution < -0.4 is 10.1 Å². The molecule has 2 aromatic heterocycles. The number of aromatic nitrogens is 3. The van der Waals surface area contributed by atoms with Crippen molar-refractivity contribution < 1.29 is 9.53 Å². The van der Waals surface area contributed by atoms with Crippen molar-refractivity contribution in [1.29, 1.82) is 0 Å². The first-order chi connectivity index (χ1) is 15.2. The molecule has 2 heterocycles. The molecular weight excluding hydrogens is 388 g/mol. The van der Waals surface area contributed by atoms with E-state index in [2.05, 4.69) is 22.0 Å². The summed E-state index contributed by atoms with van der Waals surface area (Å²) in [7, 11) is 1.64. The normalized spacial score (nSPS) is 11.3. The van der Waals surface area contributed by atoms with E-state index in [-0.39, 0.29) is 5.91 Å². The number of nitrogens with one attached hydrogen (secondary N) is 1. The number of rotatable bonds is 6. The molecule has 0 saturated heterocycles. The lowest BCUT2D eigenvalue weighted by Crippen LogP contribution is -2.23. The number of hydrogen-bond acceptors (Lipinski definition) is 4. The number of ether oxygens (including phenoxy) is 1. The zero-order chi connectivity index (χ0) is 21.2. The molecule has 5 rings (SSSR count). The Morgan fingerprint density at radius 2 is 1.65 bits per heavy atom. The largest absolute Gasteiger partial charge is 0.497 e. The Bertz CT molecular complexity index is 1390. The van der Waals surface area contributed by atoms with Crippen LogP contribution in [0.4, 0.5) is 0 Å². The summed E-state index contributed by atoms with van der Waals surface area (Å²) in [4.78, 5) is 22.2. The minimum atomic E-state index is -0.00417. The predicted octanol–water partition coefficient (Wildman–Crippen LogP) is 4.45. The number of carbonyl (C=O) groups is 1. The van der Waals surface area contributed by atoms with Crippen LogP contribution in [-0.4, -0.2) is 27.6 Å². The molecule has 0 spiro atoms. The maximum absolute atomic E-state index is 12.5. The third-order valence-corrected chi connectivity index (χ3v) is 5.47. The van der Waals surface area contributed by atoms with Gasteiger partial charge >= 0.3 is 0 Å². The van der Waals surface area contributed by atoms with E-state index >= 15 is 0 Å². The van der Waals surface area contributed by atoms with Crippen LogP contribution in [0, 0.1) is 0 Å². The average molecular weight is 410 g/mol. The number of aryl methyl sites for hydroxylation is 1. The Balaban J connectivity index is 1.38. The maximum atomic E-state index is 12.5. The van der Waals surface area contributed by atoms with Crippen LogP contribution in [0.2, 0.25) is 0 Å². The summed E-state index contributed by atoms with van der Waals surface area (Å²) in [6.45, 7) is 1.02. The van der Waals surface area contributed by atoms with E-state index in [1.54, 1.807) is 7.11 Å². The van der Waals surface area contributed by atoms with Gasteiger partial charge in [-0.3, -0.25) is 4.79 Å². The average Bonchev–Trinajstić information content (AvgIpc) is 3.13. The molecule has 154 valence electrons.